The molecule has 0 radical (unpaired) electrons. The number of hydrogen-bond acceptors (Lipinski definition) is 7. The number of rotatable bonds is 7. The van der Waals surface area contributed by atoms with Crippen LogP contribution >= 0.6 is 46.1 Å². The number of benzene rings is 2. The van der Waals surface area contributed by atoms with Crippen LogP contribution in [-0.2, 0) is 32.3 Å². The molecular formula is C23H17Cl3N2O5S2. The van der Waals surface area contributed by atoms with Crippen LogP contribution in [0, 0.1) is 0 Å². The number of halogens is 3. The van der Waals surface area contributed by atoms with Gasteiger partial charge in [-0.05, 0) is 41.5 Å². The monoisotopic (exact) mass is 570 g/mol. The number of carbonyl (C=O) groups is 3. The van der Waals surface area contributed by atoms with Gasteiger partial charge in [0, 0.05) is 19.0 Å². The number of fused-ring (bicyclic) bond motifs is 1. The summed E-state index contributed by atoms with van der Waals surface area (Å²) in [5.41, 5.74) is 2.43. The third-order valence-corrected chi connectivity index (χ3v) is 9.78. The molecule has 3 aromatic rings. The molecule has 1 N–H and O–H groups in total. The summed E-state index contributed by atoms with van der Waals surface area (Å²) in [6.07, 6.45) is -0.110. The number of Topliss-reactive ketones (excluding diaryl/α,β-unsaturated/α-hetero) is 1. The van der Waals surface area contributed by atoms with E-state index in [1.54, 1.807) is 37.4 Å². The van der Waals surface area contributed by atoms with Crippen molar-refractivity contribution in [3.63, 3.8) is 0 Å². The third kappa shape index (κ3) is 5.24. The second-order valence-corrected chi connectivity index (χ2v) is 12.5. The Morgan fingerprint density at radius 1 is 1.06 bits per heavy atom. The summed E-state index contributed by atoms with van der Waals surface area (Å²) >= 11 is 18.7. The smallest absolute Gasteiger partial charge is 0.265 e. The molecule has 1 aliphatic heterocycles. The van der Waals surface area contributed by atoms with E-state index < -0.39 is 33.2 Å². The minimum absolute atomic E-state index is 0.0295. The molecule has 1 aromatic heterocycles. The van der Waals surface area contributed by atoms with Crippen LogP contribution in [0.25, 0.3) is 0 Å². The van der Waals surface area contributed by atoms with Gasteiger partial charge in [0.05, 0.1) is 27.8 Å². The van der Waals surface area contributed by atoms with Gasteiger partial charge in [-0.3, -0.25) is 14.4 Å². The van der Waals surface area contributed by atoms with Crippen LogP contribution in [0.15, 0.2) is 46.7 Å². The SMILES string of the molecule is CNc1cc2c(cc1Cl)C(=O)N(c1ccc(CC(=O)CS(=O)(=O)c3cc(Cl)c(Cl)s3)cc1)C(=O)C2. The first-order valence-electron chi connectivity index (χ1n) is 10.2. The fraction of sp³-hybridized carbons (Fsp3) is 0.174. The van der Waals surface area contributed by atoms with Crippen molar-refractivity contribution in [2.75, 3.05) is 23.0 Å². The fourth-order valence-corrected chi connectivity index (χ4v) is 7.16. The Labute approximate surface area is 220 Å². The third-order valence-electron chi connectivity index (χ3n) is 5.36. The highest BCUT2D eigenvalue weighted by Crippen LogP contribution is 2.35. The topological polar surface area (TPSA) is 101 Å². The zero-order valence-corrected chi connectivity index (χ0v) is 22.0. The lowest BCUT2D eigenvalue weighted by Gasteiger charge is -2.27. The van der Waals surface area contributed by atoms with E-state index in [0.717, 1.165) is 16.2 Å². The van der Waals surface area contributed by atoms with E-state index in [0.29, 0.717) is 33.1 Å². The molecule has 12 heteroatoms. The van der Waals surface area contributed by atoms with Crippen LogP contribution < -0.4 is 10.2 Å². The molecule has 0 saturated carbocycles. The first kappa shape index (κ1) is 25.7. The first-order chi connectivity index (χ1) is 16.5. The van der Waals surface area contributed by atoms with Crippen molar-refractivity contribution in [1.29, 1.82) is 0 Å². The number of nitrogens with one attached hydrogen (secondary N) is 1. The zero-order chi connectivity index (χ0) is 25.5. The van der Waals surface area contributed by atoms with Gasteiger partial charge in [-0.25, -0.2) is 13.3 Å². The first-order valence-corrected chi connectivity index (χ1v) is 13.8. The van der Waals surface area contributed by atoms with Crippen molar-refractivity contribution in [3.05, 3.63) is 73.5 Å². The average Bonchev–Trinajstić information content (AvgIpc) is 3.14. The van der Waals surface area contributed by atoms with Crippen LogP contribution in [0.5, 0.6) is 0 Å². The molecule has 2 amide bonds. The van der Waals surface area contributed by atoms with E-state index in [4.69, 9.17) is 34.8 Å². The minimum atomic E-state index is -3.87. The van der Waals surface area contributed by atoms with E-state index in [1.807, 2.05) is 0 Å². The highest BCUT2D eigenvalue weighted by Gasteiger charge is 2.33. The van der Waals surface area contributed by atoms with Gasteiger partial charge in [-0.15, -0.1) is 11.3 Å². The van der Waals surface area contributed by atoms with Crippen LogP contribution in [0.2, 0.25) is 14.4 Å². The standard InChI is InChI=1S/C23H17Cl3N2O5S2/c1-27-19-7-13-8-20(30)28(23(31)16(13)9-17(19)24)14-4-2-12(3-5-14)6-15(29)11-35(32,33)21-10-18(25)22(26)34-21/h2-5,7,9-10,27H,6,8,11H2,1H3. The highest BCUT2D eigenvalue weighted by molar-refractivity contribution is 7.94. The maximum atomic E-state index is 13.0. The highest BCUT2D eigenvalue weighted by atomic mass is 35.5. The number of carbonyl (C=O) groups excluding carboxylic acids is 3. The Kier molecular flexibility index (Phi) is 7.26. The Hall–Kier alpha value is -2.43. The van der Waals surface area contributed by atoms with E-state index in [9.17, 15) is 22.8 Å². The number of imide groups is 1. The number of anilines is 2. The lowest BCUT2D eigenvalue weighted by atomic mass is 9.97. The molecule has 0 spiro atoms. The molecule has 0 aliphatic carbocycles. The van der Waals surface area contributed by atoms with E-state index >= 15 is 0 Å². The molecule has 35 heavy (non-hydrogen) atoms. The zero-order valence-electron chi connectivity index (χ0n) is 18.1. The largest absolute Gasteiger partial charge is 0.387 e. The summed E-state index contributed by atoms with van der Waals surface area (Å²) in [5.74, 6) is -2.11. The Morgan fingerprint density at radius 3 is 2.34 bits per heavy atom. The maximum Gasteiger partial charge on any atom is 0.265 e. The number of thiophene rings is 1. The van der Waals surface area contributed by atoms with Crippen molar-refractivity contribution in [1.82, 2.24) is 0 Å². The second kappa shape index (κ2) is 9.91. The molecule has 0 fully saturated rings. The predicted molar refractivity (Wildman–Crippen MR) is 138 cm³/mol. The van der Waals surface area contributed by atoms with E-state index in [2.05, 4.69) is 5.32 Å². The van der Waals surface area contributed by atoms with Gasteiger partial charge in [-0.2, -0.15) is 0 Å². The quantitative estimate of drug-likeness (QED) is 0.398. The van der Waals surface area contributed by atoms with Gasteiger partial charge in [0.2, 0.25) is 5.91 Å². The summed E-state index contributed by atoms with van der Waals surface area (Å²) < 4.78 is 25.0. The lowest BCUT2D eigenvalue weighted by molar-refractivity contribution is -0.118. The van der Waals surface area contributed by atoms with Crippen LogP contribution in [0.4, 0.5) is 11.4 Å². The van der Waals surface area contributed by atoms with Gasteiger partial charge >= 0.3 is 0 Å². The number of nitrogens with zero attached hydrogens (tertiary/aromatic N) is 1. The van der Waals surface area contributed by atoms with Crippen molar-refractivity contribution in [2.45, 2.75) is 17.1 Å². The number of sulfone groups is 1. The van der Waals surface area contributed by atoms with Crippen LogP contribution in [0.3, 0.4) is 0 Å². The minimum Gasteiger partial charge on any atom is -0.387 e. The molecule has 182 valence electrons. The molecule has 2 heterocycles. The average molecular weight is 572 g/mol. The van der Waals surface area contributed by atoms with Gasteiger partial charge in [0.25, 0.3) is 5.91 Å². The van der Waals surface area contributed by atoms with Crippen molar-refractivity contribution in [3.8, 4) is 0 Å². The Balaban J connectivity index is 1.49. The molecule has 0 bridgehead atoms. The van der Waals surface area contributed by atoms with E-state index in [-0.39, 0.29) is 26.4 Å². The Bertz CT molecular complexity index is 1450. The molecule has 0 unspecified atom stereocenters. The van der Waals surface area contributed by atoms with Crippen molar-refractivity contribution < 1.29 is 22.8 Å². The molecule has 0 atom stereocenters. The summed E-state index contributed by atoms with van der Waals surface area (Å²) in [5, 5.41) is 3.41. The summed E-state index contributed by atoms with van der Waals surface area (Å²) in [6.45, 7) is 0. The summed E-state index contributed by atoms with van der Waals surface area (Å²) in [7, 11) is -2.17. The summed E-state index contributed by atoms with van der Waals surface area (Å²) in [6, 6.07) is 10.7. The van der Waals surface area contributed by atoms with Crippen molar-refractivity contribution >= 4 is 84.9 Å². The molecular weight excluding hydrogens is 555 g/mol. The number of ketones is 1. The van der Waals surface area contributed by atoms with Gasteiger partial charge < -0.3 is 5.32 Å². The van der Waals surface area contributed by atoms with Gasteiger partial charge in [0.15, 0.2) is 15.6 Å². The van der Waals surface area contributed by atoms with Crippen molar-refractivity contribution in [2.24, 2.45) is 0 Å². The summed E-state index contributed by atoms with van der Waals surface area (Å²) in [4.78, 5) is 39.3. The number of hydrogen-bond donors (Lipinski definition) is 1. The fourth-order valence-electron chi connectivity index (χ4n) is 3.70. The molecule has 7 nitrogen and oxygen atoms in total. The normalized spacial score (nSPS) is 13.7. The van der Waals surface area contributed by atoms with Gasteiger partial charge in [-0.1, -0.05) is 46.9 Å². The predicted octanol–water partition coefficient (Wildman–Crippen LogP) is 5.07. The molecule has 2 aromatic carbocycles. The van der Waals surface area contributed by atoms with Crippen LogP contribution in [-0.4, -0.2) is 38.8 Å². The second-order valence-electron chi connectivity index (χ2n) is 7.78. The lowest BCUT2D eigenvalue weighted by Crippen LogP contribution is -2.42. The maximum absolute atomic E-state index is 13.0. The van der Waals surface area contributed by atoms with E-state index in [1.165, 1.54) is 12.1 Å². The van der Waals surface area contributed by atoms with Gasteiger partial charge in [0.1, 0.15) is 14.3 Å². The molecule has 1 aliphatic rings. The molecule has 0 saturated heterocycles. The Morgan fingerprint density at radius 2 is 1.74 bits per heavy atom. The molecule has 4 rings (SSSR count). The number of amides is 2. The van der Waals surface area contributed by atoms with Crippen LogP contribution in [0.1, 0.15) is 21.5 Å².